The molecule has 0 spiro atoms. The highest BCUT2D eigenvalue weighted by Crippen LogP contribution is 2.23. The van der Waals surface area contributed by atoms with Crippen LogP contribution >= 0.6 is 0 Å². The molecule has 0 aliphatic carbocycles. The summed E-state index contributed by atoms with van der Waals surface area (Å²) in [5.41, 5.74) is 3.55. The summed E-state index contributed by atoms with van der Waals surface area (Å²) in [5, 5.41) is 2.84. The smallest absolute Gasteiger partial charge is 0.306 e. The summed E-state index contributed by atoms with van der Waals surface area (Å²) in [6, 6.07) is 11.2. The number of methoxy groups -OCH3 is 2. The zero-order chi connectivity index (χ0) is 20.7. The van der Waals surface area contributed by atoms with Crippen molar-refractivity contribution in [2.75, 3.05) is 19.5 Å². The monoisotopic (exact) mass is 385 g/mol. The van der Waals surface area contributed by atoms with Gasteiger partial charge in [0.2, 0.25) is 0 Å². The second-order valence-electron chi connectivity index (χ2n) is 6.61. The Bertz CT molecular complexity index is 804. The van der Waals surface area contributed by atoms with E-state index in [4.69, 9.17) is 14.2 Å². The lowest BCUT2D eigenvalue weighted by Crippen LogP contribution is -2.30. The van der Waals surface area contributed by atoms with Crippen LogP contribution in [0.2, 0.25) is 0 Å². The van der Waals surface area contributed by atoms with Crippen molar-refractivity contribution in [2.24, 2.45) is 0 Å². The first-order valence-corrected chi connectivity index (χ1v) is 9.12. The van der Waals surface area contributed by atoms with Crippen LogP contribution in [0.15, 0.2) is 36.4 Å². The van der Waals surface area contributed by atoms with Gasteiger partial charge in [-0.15, -0.1) is 0 Å². The van der Waals surface area contributed by atoms with Gasteiger partial charge in [-0.1, -0.05) is 18.2 Å². The van der Waals surface area contributed by atoms with E-state index in [0.29, 0.717) is 17.9 Å². The third-order valence-corrected chi connectivity index (χ3v) is 4.44. The third-order valence-electron chi connectivity index (χ3n) is 4.44. The maximum atomic E-state index is 12.4. The van der Waals surface area contributed by atoms with Crippen LogP contribution in [-0.2, 0) is 20.7 Å². The second kappa shape index (κ2) is 9.78. The molecule has 0 fully saturated rings. The van der Waals surface area contributed by atoms with Crippen molar-refractivity contribution in [3.63, 3.8) is 0 Å². The Morgan fingerprint density at radius 3 is 2.11 bits per heavy atom. The molecule has 0 saturated carbocycles. The van der Waals surface area contributed by atoms with Crippen LogP contribution < -0.4 is 14.8 Å². The van der Waals surface area contributed by atoms with Crippen molar-refractivity contribution in [1.29, 1.82) is 0 Å². The van der Waals surface area contributed by atoms with Gasteiger partial charge in [-0.25, -0.2) is 0 Å². The van der Waals surface area contributed by atoms with E-state index in [1.165, 1.54) is 0 Å². The summed E-state index contributed by atoms with van der Waals surface area (Å²) in [6.07, 6.45) is -0.277. The molecule has 0 bridgehead atoms. The summed E-state index contributed by atoms with van der Waals surface area (Å²) in [4.78, 5) is 24.5. The molecule has 6 heteroatoms. The Labute approximate surface area is 165 Å². The van der Waals surface area contributed by atoms with Gasteiger partial charge in [-0.05, 0) is 56.0 Å². The normalized spacial score (nSPS) is 11.5. The first-order valence-electron chi connectivity index (χ1n) is 9.12. The van der Waals surface area contributed by atoms with Crippen LogP contribution in [0.5, 0.6) is 11.5 Å². The summed E-state index contributed by atoms with van der Waals surface area (Å²) in [7, 11) is 3.15. The number of nitrogens with one attached hydrogen (secondary N) is 1. The molecule has 28 heavy (non-hydrogen) atoms. The minimum atomic E-state index is -0.883. The van der Waals surface area contributed by atoms with Gasteiger partial charge in [0, 0.05) is 18.2 Å². The molecule has 1 amide bonds. The van der Waals surface area contributed by atoms with Crippen LogP contribution in [0.3, 0.4) is 0 Å². The van der Waals surface area contributed by atoms with Crippen LogP contribution in [0.4, 0.5) is 5.69 Å². The zero-order valence-electron chi connectivity index (χ0n) is 17.0. The molecule has 0 aliphatic rings. The molecule has 0 saturated heterocycles. The number of para-hydroxylation sites is 1. The highest BCUT2D eigenvalue weighted by Gasteiger charge is 2.19. The number of hydrogen-bond acceptors (Lipinski definition) is 5. The first-order chi connectivity index (χ1) is 13.3. The van der Waals surface area contributed by atoms with E-state index in [-0.39, 0.29) is 12.3 Å². The van der Waals surface area contributed by atoms with Crippen molar-refractivity contribution in [1.82, 2.24) is 0 Å². The number of rotatable bonds is 8. The molecule has 0 unspecified atom stereocenters. The Balaban J connectivity index is 1.91. The average molecular weight is 385 g/mol. The number of carbonyl (C=O) groups is 2. The quantitative estimate of drug-likeness (QED) is 0.699. The number of hydrogen-bond donors (Lipinski definition) is 1. The Morgan fingerprint density at radius 2 is 1.57 bits per heavy atom. The molecule has 0 aromatic heterocycles. The van der Waals surface area contributed by atoms with E-state index in [0.717, 1.165) is 22.4 Å². The summed E-state index contributed by atoms with van der Waals surface area (Å²) in [5.74, 6) is 0.521. The Kier molecular flexibility index (Phi) is 7.44. The number of carbonyl (C=O) groups excluding carboxylic acids is 2. The van der Waals surface area contributed by atoms with E-state index in [1.54, 1.807) is 27.2 Å². The van der Waals surface area contributed by atoms with Gasteiger partial charge in [0.1, 0.15) is 11.5 Å². The van der Waals surface area contributed by atoms with Gasteiger partial charge in [0.05, 0.1) is 14.2 Å². The predicted molar refractivity (Wildman–Crippen MR) is 108 cm³/mol. The highest BCUT2D eigenvalue weighted by molar-refractivity contribution is 5.96. The number of benzene rings is 2. The molecule has 2 aromatic carbocycles. The molecule has 0 aliphatic heterocycles. The Hall–Kier alpha value is -3.02. The lowest BCUT2D eigenvalue weighted by Gasteiger charge is -2.16. The van der Waals surface area contributed by atoms with Crippen LogP contribution in [0, 0.1) is 13.8 Å². The largest absolute Gasteiger partial charge is 0.497 e. The summed E-state index contributed by atoms with van der Waals surface area (Å²) < 4.78 is 15.7. The number of aryl methyl sites for hydroxylation is 3. The van der Waals surface area contributed by atoms with Gasteiger partial charge in [-0.3, -0.25) is 9.59 Å². The first kappa shape index (κ1) is 21.3. The topological polar surface area (TPSA) is 73.9 Å². The number of ether oxygens (including phenoxy) is 3. The molecule has 2 aromatic rings. The van der Waals surface area contributed by atoms with E-state index >= 15 is 0 Å². The van der Waals surface area contributed by atoms with Crippen molar-refractivity contribution in [2.45, 2.75) is 39.7 Å². The van der Waals surface area contributed by atoms with Crippen molar-refractivity contribution < 1.29 is 23.8 Å². The Morgan fingerprint density at radius 1 is 1.00 bits per heavy atom. The highest BCUT2D eigenvalue weighted by atomic mass is 16.5. The second-order valence-corrected chi connectivity index (χ2v) is 6.61. The number of esters is 1. The predicted octanol–water partition coefficient (Wildman–Crippen LogP) is 3.82. The van der Waals surface area contributed by atoms with Crippen molar-refractivity contribution >= 4 is 17.6 Å². The minimum Gasteiger partial charge on any atom is -0.497 e. The van der Waals surface area contributed by atoms with Crippen LogP contribution in [-0.4, -0.2) is 32.2 Å². The van der Waals surface area contributed by atoms with E-state index < -0.39 is 12.1 Å². The van der Waals surface area contributed by atoms with Gasteiger partial charge in [0.15, 0.2) is 6.10 Å². The molecular weight excluding hydrogens is 358 g/mol. The summed E-state index contributed by atoms with van der Waals surface area (Å²) in [6.45, 7) is 5.40. The lowest BCUT2D eigenvalue weighted by molar-refractivity contribution is -0.153. The van der Waals surface area contributed by atoms with E-state index in [1.807, 2.05) is 44.2 Å². The van der Waals surface area contributed by atoms with Gasteiger partial charge < -0.3 is 19.5 Å². The molecule has 150 valence electrons. The van der Waals surface area contributed by atoms with Gasteiger partial charge in [0.25, 0.3) is 5.91 Å². The average Bonchev–Trinajstić information content (AvgIpc) is 2.68. The minimum absolute atomic E-state index is 0.150. The molecule has 0 radical (unpaired) electrons. The third kappa shape index (κ3) is 5.74. The molecule has 2 rings (SSSR count). The van der Waals surface area contributed by atoms with Gasteiger partial charge in [-0.2, -0.15) is 0 Å². The molecule has 1 atom stereocenters. The van der Waals surface area contributed by atoms with Crippen LogP contribution in [0.1, 0.15) is 30.0 Å². The summed E-state index contributed by atoms with van der Waals surface area (Å²) >= 11 is 0. The number of amides is 1. The molecule has 1 N–H and O–H groups in total. The van der Waals surface area contributed by atoms with Crippen LogP contribution in [0.25, 0.3) is 0 Å². The fourth-order valence-electron chi connectivity index (χ4n) is 2.80. The van der Waals surface area contributed by atoms with E-state index in [2.05, 4.69) is 5.32 Å². The SMILES string of the molecule is COc1cc(CCC(=O)O[C@H](C)C(=O)Nc2c(C)cccc2C)cc(OC)c1. The fourth-order valence-corrected chi connectivity index (χ4v) is 2.80. The maximum Gasteiger partial charge on any atom is 0.306 e. The fraction of sp³-hybridized carbons (Fsp3) is 0.364. The maximum absolute atomic E-state index is 12.4. The van der Waals surface area contributed by atoms with Crippen molar-refractivity contribution in [3.8, 4) is 11.5 Å². The molecule has 6 nitrogen and oxygen atoms in total. The van der Waals surface area contributed by atoms with Crippen molar-refractivity contribution in [3.05, 3.63) is 53.1 Å². The lowest BCUT2D eigenvalue weighted by atomic mass is 10.1. The standard InChI is InChI=1S/C22H27NO5/c1-14-7-6-8-15(2)21(14)23-22(25)16(3)28-20(24)10-9-17-11-18(26-4)13-19(12-17)27-5/h6-8,11-13,16H,9-10H2,1-5H3,(H,23,25)/t16-/m1/s1. The molecular formula is C22H27NO5. The number of anilines is 1. The van der Waals surface area contributed by atoms with E-state index in [9.17, 15) is 9.59 Å². The molecule has 0 heterocycles. The van der Waals surface area contributed by atoms with Gasteiger partial charge >= 0.3 is 5.97 Å². The zero-order valence-corrected chi connectivity index (χ0v) is 17.0.